The molecule has 0 N–H and O–H groups in total. The van der Waals surface area contributed by atoms with E-state index < -0.39 is 33.5 Å². The summed E-state index contributed by atoms with van der Waals surface area (Å²) in [6.07, 6.45) is 1.10. The highest BCUT2D eigenvalue weighted by molar-refractivity contribution is 7.74. The molecule has 0 aromatic heterocycles. The van der Waals surface area contributed by atoms with E-state index >= 15 is 0 Å². The summed E-state index contributed by atoms with van der Waals surface area (Å²) in [5.41, 5.74) is 0.00668. The van der Waals surface area contributed by atoms with Gasteiger partial charge < -0.3 is 13.7 Å². The monoisotopic (exact) mass is 581 g/mol. The summed E-state index contributed by atoms with van der Waals surface area (Å²) >= 11 is 0. The topological polar surface area (TPSA) is 82.1 Å². The average molecular weight is 582 g/mol. The minimum Gasteiger partial charge on any atom is -0.457 e. The quantitative estimate of drug-likeness (QED) is 0.117. The van der Waals surface area contributed by atoms with Crippen molar-refractivity contribution in [3.8, 4) is 0 Å². The molecule has 9 heteroatoms. The Hall–Kier alpha value is -2.93. The highest BCUT2D eigenvalue weighted by Crippen LogP contribution is 2.55. The molecule has 4 atom stereocenters. The van der Waals surface area contributed by atoms with Crippen LogP contribution >= 0.6 is 7.37 Å². The van der Waals surface area contributed by atoms with Gasteiger partial charge in [-0.1, -0.05) is 76.7 Å². The van der Waals surface area contributed by atoms with Crippen molar-refractivity contribution in [1.29, 1.82) is 0 Å². The van der Waals surface area contributed by atoms with E-state index in [9.17, 15) is 14.2 Å². The van der Waals surface area contributed by atoms with E-state index in [4.69, 9.17) is 13.7 Å². The van der Waals surface area contributed by atoms with Crippen LogP contribution in [-0.4, -0.2) is 43.8 Å². The first-order chi connectivity index (χ1) is 18.7. The molecule has 4 rings (SSSR count). The second-order valence-corrected chi connectivity index (χ2v) is 19.1. The molecule has 1 saturated heterocycles. The fraction of sp³-hybridized carbons (Fsp3) is 0.419. The number of amides is 1. The number of rotatable bonds is 10. The fourth-order valence-corrected chi connectivity index (χ4v) is 8.78. The number of esters is 1. The lowest BCUT2D eigenvalue weighted by molar-refractivity contribution is -0.163. The summed E-state index contributed by atoms with van der Waals surface area (Å²) in [4.78, 5) is 28.5. The van der Waals surface area contributed by atoms with Gasteiger partial charge in [-0.15, -0.1) is 0 Å². The molecule has 2 heterocycles. The van der Waals surface area contributed by atoms with Gasteiger partial charge >= 0.3 is 13.3 Å². The molecule has 0 bridgehead atoms. The predicted octanol–water partition coefficient (Wildman–Crippen LogP) is 5.76. The lowest BCUT2D eigenvalue weighted by atomic mass is 9.79. The SMILES string of the molecule is C=CCOC(=O)C1=C(OP(=O)(c2ccccc2)c2ccccc2)[C@H](C)[C@@H]2[C@H](C(C)O[Si](C)(C)C(C)(C)C)C(=O)N12. The molecule has 1 unspecified atom stereocenters. The van der Waals surface area contributed by atoms with Crippen LogP contribution in [0.2, 0.25) is 18.1 Å². The molecule has 2 aliphatic heterocycles. The molecule has 1 amide bonds. The van der Waals surface area contributed by atoms with E-state index in [1.54, 1.807) is 48.5 Å². The van der Waals surface area contributed by atoms with Crippen molar-refractivity contribution >= 4 is 38.2 Å². The van der Waals surface area contributed by atoms with E-state index in [1.807, 2.05) is 26.0 Å². The minimum atomic E-state index is -3.71. The second kappa shape index (κ2) is 11.2. The number of β-lactam (4-membered cyclic amide) rings is 1. The van der Waals surface area contributed by atoms with Gasteiger partial charge in [0, 0.05) is 5.92 Å². The molecule has 7 nitrogen and oxygen atoms in total. The Morgan fingerprint density at radius 1 is 1.07 bits per heavy atom. The van der Waals surface area contributed by atoms with Crippen LogP contribution in [0.3, 0.4) is 0 Å². The van der Waals surface area contributed by atoms with E-state index in [1.165, 1.54) is 11.0 Å². The van der Waals surface area contributed by atoms with Gasteiger partial charge in [-0.3, -0.25) is 14.3 Å². The van der Waals surface area contributed by atoms with Crippen molar-refractivity contribution in [1.82, 2.24) is 4.90 Å². The van der Waals surface area contributed by atoms with Gasteiger partial charge in [0.25, 0.3) is 0 Å². The first-order valence-electron chi connectivity index (χ1n) is 13.7. The maximum absolute atomic E-state index is 14.8. The lowest BCUT2D eigenvalue weighted by Gasteiger charge is -2.49. The normalized spacial score (nSPS) is 21.9. The zero-order valence-electron chi connectivity index (χ0n) is 24.4. The average Bonchev–Trinajstić information content (AvgIpc) is 3.14. The number of ether oxygens (including phenoxy) is 1. The van der Waals surface area contributed by atoms with E-state index in [0.717, 1.165) is 0 Å². The minimum absolute atomic E-state index is 0.00668. The fourth-order valence-electron chi connectivity index (χ4n) is 5.18. The first kappa shape index (κ1) is 30.0. The molecule has 2 aliphatic rings. The zero-order chi connectivity index (χ0) is 29.5. The first-order valence-corrected chi connectivity index (χ1v) is 18.2. The summed E-state index contributed by atoms with van der Waals surface area (Å²) in [6, 6.07) is 17.5. The summed E-state index contributed by atoms with van der Waals surface area (Å²) < 4.78 is 33.3. The Morgan fingerprint density at radius 3 is 2.08 bits per heavy atom. The summed E-state index contributed by atoms with van der Waals surface area (Å²) in [5.74, 6) is -1.62. The van der Waals surface area contributed by atoms with Crippen LogP contribution in [-0.2, 0) is 27.8 Å². The number of benzene rings is 2. The van der Waals surface area contributed by atoms with Gasteiger partial charge in [0.05, 0.1) is 28.7 Å². The Labute approximate surface area is 238 Å². The van der Waals surface area contributed by atoms with Gasteiger partial charge in [0.15, 0.2) is 14.0 Å². The lowest BCUT2D eigenvalue weighted by Crippen LogP contribution is -2.65. The second-order valence-electron chi connectivity index (χ2n) is 12.0. The van der Waals surface area contributed by atoms with Crippen molar-refractivity contribution in [2.75, 3.05) is 6.61 Å². The van der Waals surface area contributed by atoms with Crippen molar-refractivity contribution < 1.29 is 27.8 Å². The molecule has 40 heavy (non-hydrogen) atoms. The standard InChI is InChI=1S/C31H40NO6PSi/c1-9-20-36-30(34)27-28(37-39(35,23-16-12-10-13-17-23)24-18-14-11-15-19-24)21(2)26-25(29(33)32(26)27)22(3)38-40(7,8)31(4,5)6/h9-19,21-22,25-26H,1,20H2,2-8H3/t21-,22?,25+,26-/m1/s1. The predicted molar refractivity (Wildman–Crippen MR) is 160 cm³/mol. The van der Waals surface area contributed by atoms with Crippen LogP contribution in [0.4, 0.5) is 0 Å². The van der Waals surface area contributed by atoms with Gasteiger partial charge in [-0.25, -0.2) is 4.79 Å². The molecule has 214 valence electrons. The number of fused-ring (bicyclic) bond motifs is 1. The maximum Gasteiger partial charge on any atom is 0.358 e. The van der Waals surface area contributed by atoms with Crippen LogP contribution in [0, 0.1) is 11.8 Å². The number of carbonyl (C=O) groups excluding carboxylic acids is 2. The highest BCUT2D eigenvalue weighted by atomic mass is 31.2. The third-order valence-corrected chi connectivity index (χ3v) is 15.3. The van der Waals surface area contributed by atoms with Gasteiger partial charge in [0.1, 0.15) is 12.4 Å². The Kier molecular flexibility index (Phi) is 8.37. The van der Waals surface area contributed by atoms with Crippen molar-refractivity contribution in [3.05, 3.63) is 84.8 Å². The summed E-state index contributed by atoms with van der Waals surface area (Å²) in [5, 5.41) is 0.956. The van der Waals surface area contributed by atoms with Crippen LogP contribution in [0.25, 0.3) is 0 Å². The maximum atomic E-state index is 14.8. The van der Waals surface area contributed by atoms with Crippen molar-refractivity contribution in [3.63, 3.8) is 0 Å². The van der Waals surface area contributed by atoms with Crippen LogP contribution in [0.15, 0.2) is 84.8 Å². The van der Waals surface area contributed by atoms with Gasteiger partial charge in [-0.2, -0.15) is 0 Å². The number of hydrogen-bond acceptors (Lipinski definition) is 6. The van der Waals surface area contributed by atoms with Gasteiger partial charge in [0.2, 0.25) is 5.91 Å². The molecule has 0 saturated carbocycles. The Morgan fingerprint density at radius 2 is 1.60 bits per heavy atom. The van der Waals surface area contributed by atoms with Crippen molar-refractivity contribution in [2.24, 2.45) is 11.8 Å². The molecule has 1 fully saturated rings. The molecule has 0 radical (unpaired) electrons. The number of carbonyl (C=O) groups is 2. The molecule has 2 aromatic rings. The highest BCUT2D eigenvalue weighted by Gasteiger charge is 2.62. The van der Waals surface area contributed by atoms with Crippen LogP contribution < -0.4 is 10.6 Å². The molecule has 2 aromatic carbocycles. The van der Waals surface area contributed by atoms with Gasteiger partial charge in [-0.05, 0) is 49.3 Å². The molecule has 0 aliphatic carbocycles. The third kappa shape index (κ3) is 5.25. The van der Waals surface area contributed by atoms with E-state index in [2.05, 4.69) is 40.4 Å². The number of hydrogen-bond donors (Lipinski definition) is 0. The summed E-state index contributed by atoms with van der Waals surface area (Å²) in [6.45, 7) is 18.2. The smallest absolute Gasteiger partial charge is 0.358 e. The van der Waals surface area contributed by atoms with Crippen molar-refractivity contribution in [2.45, 2.75) is 64.9 Å². The zero-order valence-corrected chi connectivity index (χ0v) is 26.3. The Balaban J connectivity index is 1.76. The molecular formula is C31H40NO6PSi. The third-order valence-electron chi connectivity index (χ3n) is 8.33. The largest absolute Gasteiger partial charge is 0.457 e. The molecular weight excluding hydrogens is 541 g/mol. The summed E-state index contributed by atoms with van der Waals surface area (Å²) in [7, 11) is -5.88. The Bertz CT molecular complexity index is 1310. The molecule has 0 spiro atoms. The number of nitrogens with zero attached hydrogens (tertiary/aromatic N) is 1. The van der Waals surface area contributed by atoms with E-state index in [0.29, 0.717) is 10.6 Å². The van der Waals surface area contributed by atoms with E-state index in [-0.39, 0.29) is 41.2 Å². The van der Waals surface area contributed by atoms with Crippen LogP contribution in [0.1, 0.15) is 34.6 Å². The van der Waals surface area contributed by atoms with Crippen LogP contribution in [0.5, 0.6) is 0 Å².